The number of benzene rings is 1. The summed E-state index contributed by atoms with van der Waals surface area (Å²) < 4.78 is 78.9. The fourth-order valence-electron chi connectivity index (χ4n) is 4.69. The van der Waals surface area contributed by atoms with E-state index >= 15 is 0 Å². The zero-order valence-corrected chi connectivity index (χ0v) is 17.6. The molecule has 33 heavy (non-hydrogen) atoms. The number of aromatic nitrogens is 2. The van der Waals surface area contributed by atoms with Gasteiger partial charge in [0, 0.05) is 44.1 Å². The molecule has 2 fully saturated rings. The first-order valence-electron chi connectivity index (χ1n) is 10.6. The smallest absolute Gasteiger partial charge is 0.340 e. The summed E-state index contributed by atoms with van der Waals surface area (Å²) in [6, 6.07) is 2.75. The van der Waals surface area contributed by atoms with Gasteiger partial charge in [-0.2, -0.15) is 26.3 Å². The molecule has 0 unspecified atom stereocenters. The van der Waals surface area contributed by atoms with E-state index in [4.69, 9.17) is 0 Å². The summed E-state index contributed by atoms with van der Waals surface area (Å²) in [5.74, 6) is -0.195. The second-order valence-corrected chi connectivity index (χ2v) is 8.66. The van der Waals surface area contributed by atoms with Crippen LogP contribution in [0.2, 0.25) is 0 Å². The average Bonchev–Trinajstić information content (AvgIpc) is 2.78. The molecule has 5 nitrogen and oxygen atoms in total. The third-order valence-corrected chi connectivity index (χ3v) is 6.44. The van der Waals surface area contributed by atoms with E-state index in [1.165, 1.54) is 4.90 Å². The topological polar surface area (TPSA) is 49.3 Å². The molecule has 11 heteroatoms. The number of carbonyl (C=O) groups is 1. The van der Waals surface area contributed by atoms with E-state index < -0.39 is 35.0 Å². The normalized spacial score (nSPS) is 19.1. The van der Waals surface area contributed by atoms with Crippen LogP contribution >= 0.6 is 0 Å². The van der Waals surface area contributed by atoms with Crippen molar-refractivity contribution in [1.29, 1.82) is 0 Å². The number of carbonyl (C=O) groups excluding carboxylic acids is 1. The summed E-state index contributed by atoms with van der Waals surface area (Å²) in [7, 11) is 0. The van der Waals surface area contributed by atoms with Crippen molar-refractivity contribution in [3.05, 3.63) is 53.3 Å². The molecule has 178 valence electrons. The van der Waals surface area contributed by atoms with E-state index in [1.807, 2.05) is 0 Å². The van der Waals surface area contributed by atoms with Crippen LogP contribution in [0.5, 0.6) is 0 Å². The first kappa shape index (κ1) is 23.3. The van der Waals surface area contributed by atoms with Gasteiger partial charge in [0.15, 0.2) is 0 Å². The summed E-state index contributed by atoms with van der Waals surface area (Å²) in [5, 5.41) is 0. The van der Waals surface area contributed by atoms with Gasteiger partial charge in [-0.25, -0.2) is 9.97 Å². The Morgan fingerprint density at radius 3 is 1.97 bits per heavy atom. The number of nitrogens with zero attached hydrogens (tertiary/aromatic N) is 4. The van der Waals surface area contributed by atoms with Gasteiger partial charge in [-0.3, -0.25) is 4.79 Å². The molecular formula is C22H22F6N4O. The summed E-state index contributed by atoms with van der Waals surface area (Å²) in [4.78, 5) is 24.9. The number of likely N-dealkylation sites (tertiary alicyclic amines) is 1. The van der Waals surface area contributed by atoms with Gasteiger partial charge in [-0.15, -0.1) is 0 Å². The SMILES string of the molecule is O=C(c1cc(C(F)(F)F)cc(C(F)(F)F)c1)N1CCC2(CCCN(c3ncccn3)C2)CC1. The van der Waals surface area contributed by atoms with Crippen molar-refractivity contribution >= 4 is 11.9 Å². The third kappa shape index (κ3) is 5.06. The Morgan fingerprint density at radius 1 is 0.848 bits per heavy atom. The highest BCUT2D eigenvalue weighted by Crippen LogP contribution is 2.41. The minimum Gasteiger partial charge on any atom is -0.340 e. The number of piperidine rings is 2. The maximum atomic E-state index is 13.1. The molecule has 0 radical (unpaired) electrons. The van der Waals surface area contributed by atoms with Gasteiger partial charge < -0.3 is 9.80 Å². The van der Waals surface area contributed by atoms with E-state index in [0.717, 1.165) is 19.4 Å². The van der Waals surface area contributed by atoms with Crippen LogP contribution in [0.25, 0.3) is 0 Å². The highest BCUT2D eigenvalue weighted by Gasteiger charge is 2.41. The van der Waals surface area contributed by atoms with E-state index in [0.29, 0.717) is 37.5 Å². The van der Waals surface area contributed by atoms with Gasteiger partial charge in [0.25, 0.3) is 5.91 Å². The standard InChI is InChI=1S/C22H22F6N4O/c23-21(24,25)16-11-15(12-17(13-16)22(26,27)28)18(33)31-9-4-20(5-10-31)3-1-8-32(14-20)19-29-6-2-7-30-19/h2,6-7,11-13H,1,3-5,8-10,14H2. The second kappa shape index (κ2) is 8.49. The molecule has 3 heterocycles. The molecule has 1 amide bonds. The molecule has 0 bridgehead atoms. The third-order valence-electron chi connectivity index (χ3n) is 6.44. The molecule has 1 aromatic heterocycles. The van der Waals surface area contributed by atoms with Crippen LogP contribution in [0.1, 0.15) is 47.2 Å². The largest absolute Gasteiger partial charge is 0.416 e. The predicted octanol–water partition coefficient (Wildman–Crippen LogP) is 5.04. The summed E-state index contributed by atoms with van der Waals surface area (Å²) in [5.41, 5.74) is -3.67. The molecule has 0 aliphatic carbocycles. The summed E-state index contributed by atoms with van der Waals surface area (Å²) in [6.45, 7) is 2.03. The predicted molar refractivity (Wildman–Crippen MR) is 107 cm³/mol. The number of halogens is 6. The van der Waals surface area contributed by atoms with Crippen LogP contribution in [0.3, 0.4) is 0 Å². The molecule has 2 saturated heterocycles. The van der Waals surface area contributed by atoms with Crippen molar-refractivity contribution < 1.29 is 31.1 Å². The zero-order chi connectivity index (χ0) is 23.9. The summed E-state index contributed by atoms with van der Waals surface area (Å²) >= 11 is 0. The lowest BCUT2D eigenvalue weighted by Crippen LogP contribution is -2.51. The molecule has 2 aliphatic heterocycles. The second-order valence-electron chi connectivity index (χ2n) is 8.66. The van der Waals surface area contributed by atoms with Crippen LogP contribution in [0.15, 0.2) is 36.7 Å². The van der Waals surface area contributed by atoms with E-state index in [1.54, 1.807) is 18.5 Å². The molecule has 1 spiro atoms. The first-order chi connectivity index (χ1) is 15.5. The quantitative estimate of drug-likeness (QED) is 0.575. The van der Waals surface area contributed by atoms with Gasteiger partial charge in [0.1, 0.15) is 0 Å². The van der Waals surface area contributed by atoms with Crippen molar-refractivity contribution in [3.8, 4) is 0 Å². The Bertz CT molecular complexity index is 968. The lowest BCUT2D eigenvalue weighted by atomic mass is 9.72. The van der Waals surface area contributed by atoms with Gasteiger partial charge in [-0.05, 0) is 55.4 Å². The van der Waals surface area contributed by atoms with Crippen molar-refractivity contribution in [1.82, 2.24) is 14.9 Å². The Hall–Kier alpha value is -2.85. The van der Waals surface area contributed by atoms with Crippen LogP contribution in [-0.2, 0) is 12.4 Å². The Morgan fingerprint density at radius 2 is 1.42 bits per heavy atom. The fraction of sp³-hybridized carbons (Fsp3) is 0.500. The number of hydrogen-bond acceptors (Lipinski definition) is 4. The van der Waals surface area contributed by atoms with Gasteiger partial charge in [-0.1, -0.05) is 0 Å². The fourth-order valence-corrected chi connectivity index (χ4v) is 4.69. The molecular weight excluding hydrogens is 450 g/mol. The summed E-state index contributed by atoms with van der Waals surface area (Å²) in [6.07, 6.45) is -3.61. The lowest BCUT2D eigenvalue weighted by molar-refractivity contribution is -0.143. The monoisotopic (exact) mass is 472 g/mol. The lowest BCUT2D eigenvalue weighted by Gasteiger charge is -2.47. The van der Waals surface area contributed by atoms with E-state index in [9.17, 15) is 31.1 Å². The maximum absolute atomic E-state index is 13.1. The highest BCUT2D eigenvalue weighted by atomic mass is 19.4. The highest BCUT2D eigenvalue weighted by molar-refractivity contribution is 5.94. The molecule has 4 rings (SSSR count). The van der Waals surface area contributed by atoms with Crippen molar-refractivity contribution in [2.24, 2.45) is 5.41 Å². The maximum Gasteiger partial charge on any atom is 0.416 e. The van der Waals surface area contributed by atoms with Gasteiger partial charge in [0.05, 0.1) is 11.1 Å². The molecule has 0 atom stereocenters. The van der Waals surface area contributed by atoms with Gasteiger partial charge in [0.2, 0.25) is 5.95 Å². The molecule has 2 aromatic rings. The Labute approximate surface area is 186 Å². The van der Waals surface area contributed by atoms with Crippen LogP contribution in [0.4, 0.5) is 32.3 Å². The minimum absolute atomic E-state index is 0.0320. The average molecular weight is 472 g/mol. The van der Waals surface area contributed by atoms with Crippen LogP contribution in [-0.4, -0.2) is 47.0 Å². The van der Waals surface area contributed by atoms with Crippen molar-refractivity contribution in [2.45, 2.75) is 38.0 Å². The molecule has 0 N–H and O–H groups in total. The zero-order valence-electron chi connectivity index (χ0n) is 17.6. The minimum atomic E-state index is -4.99. The van der Waals surface area contributed by atoms with E-state index in [-0.39, 0.29) is 24.6 Å². The number of alkyl halides is 6. The van der Waals surface area contributed by atoms with Crippen LogP contribution in [0, 0.1) is 5.41 Å². The van der Waals surface area contributed by atoms with Crippen molar-refractivity contribution in [2.75, 3.05) is 31.1 Å². The number of anilines is 1. The Kier molecular flexibility index (Phi) is 6.00. The molecule has 2 aliphatic rings. The Balaban J connectivity index is 1.49. The first-order valence-corrected chi connectivity index (χ1v) is 10.6. The number of hydrogen-bond donors (Lipinski definition) is 0. The van der Waals surface area contributed by atoms with Crippen molar-refractivity contribution in [3.63, 3.8) is 0 Å². The molecule has 0 saturated carbocycles. The number of amides is 1. The number of rotatable bonds is 2. The molecule has 1 aromatic carbocycles. The van der Waals surface area contributed by atoms with E-state index in [2.05, 4.69) is 14.9 Å². The van der Waals surface area contributed by atoms with Crippen LogP contribution < -0.4 is 4.90 Å². The van der Waals surface area contributed by atoms with Gasteiger partial charge >= 0.3 is 12.4 Å².